The van der Waals surface area contributed by atoms with Crippen molar-refractivity contribution in [3.63, 3.8) is 0 Å². The average molecular weight is 422 g/mol. The minimum absolute atomic E-state index is 0.0319. The smallest absolute Gasteiger partial charge is 0.317 e. The molecule has 8 heteroatoms. The third-order valence-corrected chi connectivity index (χ3v) is 5.60. The van der Waals surface area contributed by atoms with E-state index >= 15 is 0 Å². The second-order valence-electron chi connectivity index (χ2n) is 7.90. The molecule has 0 aliphatic carbocycles. The number of hydrogen-bond donors (Lipinski definition) is 1. The lowest BCUT2D eigenvalue weighted by Crippen LogP contribution is -2.52. The monoisotopic (exact) mass is 421 g/mol. The van der Waals surface area contributed by atoms with Crippen LogP contribution >= 0.6 is 0 Å². The number of rotatable bonds is 7. The molecule has 2 amide bonds. The Hall–Kier alpha value is -3.16. The van der Waals surface area contributed by atoms with Crippen molar-refractivity contribution in [1.82, 2.24) is 30.0 Å². The van der Waals surface area contributed by atoms with E-state index in [9.17, 15) is 4.79 Å². The highest BCUT2D eigenvalue weighted by Crippen LogP contribution is 2.27. The molecule has 31 heavy (non-hydrogen) atoms. The highest BCUT2D eigenvalue weighted by atomic mass is 16.2. The molecular weight excluding hydrogens is 390 g/mol. The fraction of sp³-hybridized carbons (Fsp3) is 0.478. The molecule has 3 heterocycles. The van der Waals surface area contributed by atoms with Crippen LogP contribution in [0.1, 0.15) is 38.9 Å². The number of aromatic nitrogens is 4. The molecule has 1 aromatic carbocycles. The topological polar surface area (TPSA) is 79.2 Å². The number of carbonyl (C=O) groups excluding carboxylic acids is 1. The van der Waals surface area contributed by atoms with E-state index in [-0.39, 0.29) is 6.03 Å². The van der Waals surface area contributed by atoms with Crippen molar-refractivity contribution >= 4 is 22.9 Å². The molecule has 4 rings (SSSR count). The Morgan fingerprint density at radius 1 is 1.03 bits per heavy atom. The first-order chi connectivity index (χ1) is 15.2. The standard InChI is InChI=1S/C23H31N7O/c1-3-5-12-24-23(31)29-15-13-28(14-16-29)21-19-17-25-30(18-10-7-6-8-11-18)22(19)27-20(26-21)9-4-2/h6-8,10-11,17H,3-5,9,12-16H2,1-2H3,(H,24,31). The number of carbonyl (C=O) groups is 1. The average Bonchev–Trinajstić information content (AvgIpc) is 3.23. The summed E-state index contributed by atoms with van der Waals surface area (Å²) >= 11 is 0. The van der Waals surface area contributed by atoms with Crippen LogP contribution in [0.15, 0.2) is 36.5 Å². The van der Waals surface area contributed by atoms with Crippen molar-refractivity contribution in [1.29, 1.82) is 0 Å². The summed E-state index contributed by atoms with van der Waals surface area (Å²) < 4.78 is 1.89. The molecule has 1 saturated heterocycles. The molecule has 0 atom stereocenters. The number of hydrogen-bond acceptors (Lipinski definition) is 5. The van der Waals surface area contributed by atoms with Gasteiger partial charge in [-0.25, -0.2) is 19.4 Å². The van der Waals surface area contributed by atoms with Crippen LogP contribution in [0.5, 0.6) is 0 Å². The molecule has 0 unspecified atom stereocenters. The van der Waals surface area contributed by atoms with Gasteiger partial charge in [0.15, 0.2) is 5.65 Å². The summed E-state index contributed by atoms with van der Waals surface area (Å²) in [6, 6.07) is 10.1. The molecule has 164 valence electrons. The second-order valence-corrected chi connectivity index (χ2v) is 7.90. The molecule has 3 aromatic rings. The van der Waals surface area contributed by atoms with E-state index in [2.05, 4.69) is 29.2 Å². The van der Waals surface area contributed by atoms with E-state index < -0.39 is 0 Å². The van der Waals surface area contributed by atoms with E-state index in [0.717, 1.165) is 73.7 Å². The van der Waals surface area contributed by atoms with Crippen LogP contribution in [0.25, 0.3) is 16.7 Å². The van der Waals surface area contributed by atoms with Crippen LogP contribution in [0.2, 0.25) is 0 Å². The SMILES string of the molecule is CCCCNC(=O)N1CCN(c2nc(CCC)nc3c2cnn3-c2ccccc2)CC1. The van der Waals surface area contributed by atoms with Gasteiger partial charge in [0.1, 0.15) is 11.6 Å². The first kappa shape index (κ1) is 21.1. The van der Waals surface area contributed by atoms with Crippen LogP contribution in [0.3, 0.4) is 0 Å². The number of amides is 2. The number of urea groups is 1. The fourth-order valence-corrected chi connectivity index (χ4v) is 3.88. The molecule has 0 bridgehead atoms. The largest absolute Gasteiger partial charge is 0.352 e. The van der Waals surface area contributed by atoms with Gasteiger partial charge in [-0.1, -0.05) is 38.5 Å². The molecule has 2 aromatic heterocycles. The normalized spacial score (nSPS) is 14.3. The number of unbranched alkanes of at least 4 members (excludes halogenated alkanes) is 1. The van der Waals surface area contributed by atoms with Crippen LogP contribution in [0, 0.1) is 0 Å². The van der Waals surface area contributed by atoms with E-state index in [1.165, 1.54) is 0 Å². The maximum atomic E-state index is 12.4. The maximum absolute atomic E-state index is 12.4. The van der Waals surface area contributed by atoms with Crippen molar-refractivity contribution in [2.75, 3.05) is 37.6 Å². The Bertz CT molecular complexity index is 1010. The zero-order chi connectivity index (χ0) is 21.6. The molecule has 8 nitrogen and oxygen atoms in total. The first-order valence-corrected chi connectivity index (χ1v) is 11.3. The molecule has 1 N–H and O–H groups in total. The summed E-state index contributed by atoms with van der Waals surface area (Å²) in [6.45, 7) is 7.85. The van der Waals surface area contributed by atoms with Gasteiger partial charge < -0.3 is 15.1 Å². The van der Waals surface area contributed by atoms with Crippen molar-refractivity contribution in [3.8, 4) is 5.69 Å². The number of aryl methyl sites for hydroxylation is 1. The molecule has 0 radical (unpaired) electrons. The minimum atomic E-state index is 0.0319. The number of fused-ring (bicyclic) bond motifs is 1. The molecule has 1 aliphatic rings. The summed E-state index contributed by atoms with van der Waals surface area (Å²) in [6.07, 6.45) is 5.75. The number of nitrogens with one attached hydrogen (secondary N) is 1. The summed E-state index contributed by atoms with van der Waals surface area (Å²) in [7, 11) is 0. The number of nitrogens with zero attached hydrogens (tertiary/aromatic N) is 6. The Morgan fingerprint density at radius 2 is 1.81 bits per heavy atom. The predicted octanol–water partition coefficient (Wildman–Crippen LogP) is 3.40. The van der Waals surface area contributed by atoms with E-state index in [1.54, 1.807) is 0 Å². The lowest BCUT2D eigenvalue weighted by molar-refractivity contribution is 0.194. The Morgan fingerprint density at radius 3 is 2.52 bits per heavy atom. The number of piperazine rings is 1. The quantitative estimate of drug-likeness (QED) is 0.592. The van der Waals surface area contributed by atoms with Crippen LogP contribution in [-0.2, 0) is 6.42 Å². The molecule has 0 spiro atoms. The molecular formula is C23H31N7O. The third-order valence-electron chi connectivity index (χ3n) is 5.60. The summed E-state index contributed by atoms with van der Waals surface area (Å²) in [5.74, 6) is 1.75. The predicted molar refractivity (Wildman–Crippen MR) is 123 cm³/mol. The highest BCUT2D eigenvalue weighted by molar-refractivity contribution is 5.88. The van der Waals surface area contributed by atoms with Crippen LogP contribution < -0.4 is 10.2 Å². The van der Waals surface area contributed by atoms with Gasteiger partial charge in [0.25, 0.3) is 0 Å². The Balaban J connectivity index is 1.58. The number of anilines is 1. The molecule has 1 aliphatic heterocycles. The van der Waals surface area contributed by atoms with Gasteiger partial charge in [0, 0.05) is 39.1 Å². The van der Waals surface area contributed by atoms with Crippen LogP contribution in [0.4, 0.5) is 10.6 Å². The van der Waals surface area contributed by atoms with Gasteiger partial charge in [-0.05, 0) is 25.0 Å². The maximum Gasteiger partial charge on any atom is 0.317 e. The lowest BCUT2D eigenvalue weighted by Gasteiger charge is -2.35. The molecule has 1 fully saturated rings. The van der Waals surface area contributed by atoms with Gasteiger partial charge in [-0.2, -0.15) is 5.10 Å². The fourth-order valence-electron chi connectivity index (χ4n) is 3.88. The van der Waals surface area contributed by atoms with E-state index in [1.807, 2.05) is 46.1 Å². The third kappa shape index (κ3) is 4.62. The van der Waals surface area contributed by atoms with E-state index in [4.69, 9.17) is 9.97 Å². The number of benzene rings is 1. The van der Waals surface area contributed by atoms with Crippen molar-refractivity contribution < 1.29 is 4.79 Å². The number of para-hydroxylation sites is 1. The van der Waals surface area contributed by atoms with Crippen LogP contribution in [-0.4, -0.2) is 63.4 Å². The van der Waals surface area contributed by atoms with Crippen molar-refractivity contribution in [3.05, 3.63) is 42.4 Å². The summed E-state index contributed by atoms with van der Waals surface area (Å²) in [5, 5.41) is 8.58. The van der Waals surface area contributed by atoms with Gasteiger partial charge in [-0.15, -0.1) is 0 Å². The Kier molecular flexibility index (Phi) is 6.64. The van der Waals surface area contributed by atoms with Gasteiger partial charge in [0.2, 0.25) is 0 Å². The van der Waals surface area contributed by atoms with Crippen molar-refractivity contribution in [2.24, 2.45) is 0 Å². The second kappa shape index (κ2) is 9.76. The van der Waals surface area contributed by atoms with Crippen molar-refractivity contribution in [2.45, 2.75) is 39.5 Å². The first-order valence-electron chi connectivity index (χ1n) is 11.3. The highest BCUT2D eigenvalue weighted by Gasteiger charge is 2.25. The zero-order valence-corrected chi connectivity index (χ0v) is 18.4. The Labute approximate surface area is 183 Å². The van der Waals surface area contributed by atoms with Gasteiger partial charge in [0.05, 0.1) is 17.3 Å². The van der Waals surface area contributed by atoms with E-state index in [0.29, 0.717) is 13.1 Å². The zero-order valence-electron chi connectivity index (χ0n) is 18.4. The lowest BCUT2D eigenvalue weighted by atomic mass is 10.2. The minimum Gasteiger partial charge on any atom is -0.352 e. The van der Waals surface area contributed by atoms with Gasteiger partial charge in [-0.3, -0.25) is 0 Å². The molecule has 0 saturated carbocycles. The summed E-state index contributed by atoms with van der Waals surface area (Å²) in [4.78, 5) is 26.3. The summed E-state index contributed by atoms with van der Waals surface area (Å²) in [5.41, 5.74) is 1.82. The van der Waals surface area contributed by atoms with Gasteiger partial charge >= 0.3 is 6.03 Å².